The molecule has 0 aromatic carbocycles. The Labute approximate surface area is 113 Å². The van der Waals surface area contributed by atoms with Crippen LogP contribution in [0.4, 0.5) is 0 Å². The van der Waals surface area contributed by atoms with Crippen molar-refractivity contribution in [2.45, 2.75) is 36.6 Å². The highest BCUT2D eigenvalue weighted by Gasteiger charge is 2.35. The van der Waals surface area contributed by atoms with Crippen molar-refractivity contribution in [1.82, 2.24) is 0 Å². The summed E-state index contributed by atoms with van der Waals surface area (Å²) in [6, 6.07) is 0. The highest BCUT2D eigenvalue weighted by atomic mass is 16.6. The minimum Gasteiger partial charge on any atom is -0.450 e. The number of aliphatic hydroxyl groups excluding tert-OH is 7. The predicted octanol–water partition coefficient (Wildman–Crippen LogP) is -5.11. The Kier molecular flexibility index (Phi) is 8.41. The normalized spacial score (nSPS) is 20.4. The van der Waals surface area contributed by atoms with E-state index in [2.05, 4.69) is 4.74 Å². The van der Waals surface area contributed by atoms with Gasteiger partial charge in [0, 0.05) is 0 Å². The number of carbonyl (C=O) groups is 2. The molecule has 20 heavy (non-hydrogen) atoms. The van der Waals surface area contributed by atoms with Crippen molar-refractivity contribution < 1.29 is 50.1 Å². The summed E-state index contributed by atoms with van der Waals surface area (Å²) in [4.78, 5) is 22.0. The van der Waals surface area contributed by atoms with Crippen LogP contribution in [0.3, 0.4) is 0 Å². The van der Waals surface area contributed by atoms with E-state index in [0.29, 0.717) is 0 Å². The summed E-state index contributed by atoms with van der Waals surface area (Å²) in [5, 5.41) is 63.1. The van der Waals surface area contributed by atoms with E-state index in [1.165, 1.54) is 0 Å². The third kappa shape index (κ3) is 5.09. The van der Waals surface area contributed by atoms with Gasteiger partial charge >= 0.3 is 5.97 Å². The second kappa shape index (κ2) is 8.92. The molecule has 0 aromatic heterocycles. The molecule has 0 aromatic rings. The van der Waals surface area contributed by atoms with Gasteiger partial charge in [-0.2, -0.15) is 0 Å². The van der Waals surface area contributed by atoms with Crippen molar-refractivity contribution in [2.24, 2.45) is 0 Å². The zero-order valence-electron chi connectivity index (χ0n) is 10.3. The third-order valence-electron chi connectivity index (χ3n) is 2.45. The SMILES string of the molecule is O=C[C@H](OC(=O)[C@H](O)[C@@H](O)[C@H](O)CO)[C@@H](O)[C@H](O)CO. The molecule has 0 amide bonds. The number of ether oxygens (including phenoxy) is 1. The zero-order valence-corrected chi connectivity index (χ0v) is 10.3. The molecule has 6 atom stereocenters. The number of aldehydes is 1. The van der Waals surface area contributed by atoms with Gasteiger partial charge in [0.05, 0.1) is 13.2 Å². The van der Waals surface area contributed by atoms with Crippen molar-refractivity contribution >= 4 is 12.3 Å². The van der Waals surface area contributed by atoms with Gasteiger partial charge in [0.25, 0.3) is 0 Å². The smallest absolute Gasteiger partial charge is 0.338 e. The number of carbonyl (C=O) groups excluding carboxylic acids is 2. The topological polar surface area (TPSA) is 185 Å². The van der Waals surface area contributed by atoms with Gasteiger partial charge in [0.15, 0.2) is 18.5 Å². The first-order valence-corrected chi connectivity index (χ1v) is 5.57. The quantitative estimate of drug-likeness (QED) is 0.160. The Hall–Kier alpha value is -1.14. The van der Waals surface area contributed by atoms with Crippen LogP contribution in [0.15, 0.2) is 0 Å². The molecule has 0 saturated carbocycles. The van der Waals surface area contributed by atoms with E-state index < -0.39 is 55.8 Å². The maximum atomic E-state index is 11.4. The van der Waals surface area contributed by atoms with Crippen molar-refractivity contribution in [3.63, 3.8) is 0 Å². The predicted molar refractivity (Wildman–Crippen MR) is 60.1 cm³/mol. The Morgan fingerprint density at radius 2 is 1.40 bits per heavy atom. The minimum absolute atomic E-state index is 0.0526. The second-order valence-electron chi connectivity index (χ2n) is 3.96. The molecule has 0 spiro atoms. The summed E-state index contributed by atoms with van der Waals surface area (Å²) in [6.45, 7) is -1.84. The minimum atomic E-state index is -2.28. The molecular formula is C10H18O10. The van der Waals surface area contributed by atoms with Gasteiger partial charge in [-0.05, 0) is 0 Å². The summed E-state index contributed by atoms with van der Waals surface area (Å²) >= 11 is 0. The molecule has 10 nitrogen and oxygen atoms in total. The summed E-state index contributed by atoms with van der Waals surface area (Å²) in [5.74, 6) is -1.56. The Morgan fingerprint density at radius 3 is 1.80 bits per heavy atom. The lowest BCUT2D eigenvalue weighted by Crippen LogP contribution is -2.48. The highest BCUT2D eigenvalue weighted by molar-refractivity contribution is 5.77. The van der Waals surface area contributed by atoms with Crippen LogP contribution in [0, 0.1) is 0 Å². The lowest BCUT2D eigenvalue weighted by molar-refractivity contribution is -0.181. The fourth-order valence-electron chi connectivity index (χ4n) is 1.17. The summed E-state index contributed by atoms with van der Waals surface area (Å²) in [6.07, 6.45) is -11.8. The van der Waals surface area contributed by atoms with Crippen molar-refractivity contribution in [3.05, 3.63) is 0 Å². The first-order chi connectivity index (χ1) is 9.29. The van der Waals surface area contributed by atoms with Gasteiger partial charge in [-0.3, -0.25) is 4.79 Å². The monoisotopic (exact) mass is 298 g/mol. The molecule has 0 fully saturated rings. The van der Waals surface area contributed by atoms with E-state index >= 15 is 0 Å². The van der Waals surface area contributed by atoms with Gasteiger partial charge in [0.2, 0.25) is 0 Å². The molecule has 118 valence electrons. The van der Waals surface area contributed by atoms with E-state index in [0.717, 1.165) is 0 Å². The van der Waals surface area contributed by atoms with E-state index in [-0.39, 0.29) is 6.29 Å². The van der Waals surface area contributed by atoms with Gasteiger partial charge in [-0.25, -0.2) is 4.79 Å². The lowest BCUT2D eigenvalue weighted by atomic mass is 10.1. The largest absolute Gasteiger partial charge is 0.450 e. The number of hydrogen-bond donors (Lipinski definition) is 7. The maximum absolute atomic E-state index is 11.4. The molecular weight excluding hydrogens is 280 g/mol. The summed E-state index contributed by atoms with van der Waals surface area (Å²) < 4.78 is 4.33. The van der Waals surface area contributed by atoms with Gasteiger partial charge < -0.3 is 40.5 Å². The first-order valence-electron chi connectivity index (χ1n) is 5.57. The van der Waals surface area contributed by atoms with Gasteiger partial charge in [-0.1, -0.05) is 0 Å². The fourth-order valence-corrected chi connectivity index (χ4v) is 1.17. The Bertz CT molecular complexity index is 308. The average molecular weight is 298 g/mol. The molecule has 7 N–H and O–H groups in total. The number of rotatable bonds is 9. The van der Waals surface area contributed by atoms with Crippen LogP contribution in [-0.2, 0) is 14.3 Å². The Balaban J connectivity index is 4.66. The Morgan fingerprint density at radius 1 is 0.950 bits per heavy atom. The van der Waals surface area contributed by atoms with E-state index in [4.69, 9.17) is 20.4 Å². The standard InChI is InChI=1S/C10H18O10/c11-1-4(14)7(16)6(3-13)20-10(19)9(18)8(17)5(15)2-12/h3-9,11-12,14-18H,1-2H2/t4-,5-,6+,7+,8+,9-/m1/s1. The molecule has 0 aliphatic rings. The van der Waals surface area contributed by atoms with Crippen LogP contribution in [0.1, 0.15) is 0 Å². The van der Waals surface area contributed by atoms with Gasteiger partial charge in [0.1, 0.15) is 24.4 Å². The molecule has 0 saturated heterocycles. The zero-order chi connectivity index (χ0) is 15.9. The number of esters is 1. The number of hydrogen-bond acceptors (Lipinski definition) is 10. The maximum Gasteiger partial charge on any atom is 0.338 e. The van der Waals surface area contributed by atoms with E-state index in [9.17, 15) is 24.9 Å². The molecule has 0 aliphatic heterocycles. The molecule has 0 unspecified atom stereocenters. The summed E-state index contributed by atoms with van der Waals surface area (Å²) in [5.41, 5.74) is 0. The lowest BCUT2D eigenvalue weighted by Gasteiger charge is -2.25. The fraction of sp³-hybridized carbons (Fsp3) is 0.800. The van der Waals surface area contributed by atoms with E-state index in [1.54, 1.807) is 0 Å². The highest BCUT2D eigenvalue weighted by Crippen LogP contribution is 2.08. The van der Waals surface area contributed by atoms with Crippen LogP contribution in [0.2, 0.25) is 0 Å². The number of aliphatic hydroxyl groups is 7. The van der Waals surface area contributed by atoms with Crippen molar-refractivity contribution in [2.75, 3.05) is 13.2 Å². The van der Waals surface area contributed by atoms with E-state index in [1.807, 2.05) is 0 Å². The van der Waals surface area contributed by atoms with Crippen molar-refractivity contribution in [1.29, 1.82) is 0 Å². The van der Waals surface area contributed by atoms with Crippen LogP contribution in [0.5, 0.6) is 0 Å². The molecule has 10 heteroatoms. The first kappa shape index (κ1) is 18.9. The molecule has 0 bridgehead atoms. The molecule has 0 aliphatic carbocycles. The molecule has 0 radical (unpaired) electrons. The van der Waals surface area contributed by atoms with Crippen LogP contribution in [0.25, 0.3) is 0 Å². The van der Waals surface area contributed by atoms with Crippen molar-refractivity contribution in [3.8, 4) is 0 Å². The van der Waals surface area contributed by atoms with Crippen LogP contribution >= 0.6 is 0 Å². The van der Waals surface area contributed by atoms with Crippen LogP contribution < -0.4 is 0 Å². The molecule has 0 rings (SSSR count). The summed E-state index contributed by atoms with van der Waals surface area (Å²) in [7, 11) is 0. The average Bonchev–Trinajstić information content (AvgIpc) is 2.48. The molecule has 0 heterocycles. The third-order valence-corrected chi connectivity index (χ3v) is 2.45. The van der Waals surface area contributed by atoms with Crippen LogP contribution in [-0.4, -0.2) is 97.8 Å². The van der Waals surface area contributed by atoms with Gasteiger partial charge in [-0.15, -0.1) is 0 Å². The second-order valence-corrected chi connectivity index (χ2v) is 3.96.